The summed E-state index contributed by atoms with van der Waals surface area (Å²) in [7, 11) is 0. The number of fused-ring (bicyclic) bond motifs is 1. The summed E-state index contributed by atoms with van der Waals surface area (Å²) in [5, 5.41) is 3.90. The molecular weight excluding hydrogens is 382 g/mol. The molecule has 8 nitrogen and oxygen atoms in total. The van der Waals surface area contributed by atoms with Gasteiger partial charge in [0.15, 0.2) is 11.3 Å². The van der Waals surface area contributed by atoms with E-state index in [2.05, 4.69) is 15.3 Å². The van der Waals surface area contributed by atoms with Crippen molar-refractivity contribution >= 4 is 22.8 Å². The number of aromatic nitrogens is 3. The van der Waals surface area contributed by atoms with E-state index in [0.717, 1.165) is 43.6 Å². The molecule has 5 rings (SSSR count). The maximum atomic E-state index is 12.6. The maximum absolute atomic E-state index is 12.6. The van der Waals surface area contributed by atoms with Gasteiger partial charge in [-0.3, -0.25) is 14.6 Å². The number of aryl methyl sites for hydroxylation is 1. The van der Waals surface area contributed by atoms with Gasteiger partial charge < -0.3 is 19.2 Å². The molecule has 0 bridgehead atoms. The van der Waals surface area contributed by atoms with E-state index in [1.165, 1.54) is 0 Å². The van der Waals surface area contributed by atoms with Crippen molar-refractivity contribution < 1.29 is 14.0 Å². The third kappa shape index (κ3) is 3.46. The molecule has 0 radical (unpaired) electrons. The topological polar surface area (TPSA) is 93.3 Å². The molecule has 1 aliphatic carbocycles. The monoisotopic (exact) mass is 407 g/mol. The van der Waals surface area contributed by atoms with E-state index in [-0.39, 0.29) is 17.2 Å². The van der Waals surface area contributed by atoms with E-state index in [0.29, 0.717) is 30.4 Å². The number of nitrogens with zero attached hydrogens (tertiary/aromatic N) is 4. The second kappa shape index (κ2) is 7.27. The average molecular weight is 407 g/mol. The van der Waals surface area contributed by atoms with Crippen LogP contribution in [0.15, 0.2) is 41.3 Å². The van der Waals surface area contributed by atoms with Crippen molar-refractivity contribution in [3.05, 3.63) is 48.5 Å². The first-order valence-electron chi connectivity index (χ1n) is 10.4. The van der Waals surface area contributed by atoms with E-state index in [1.54, 1.807) is 24.7 Å². The maximum Gasteiger partial charge on any atom is 0.287 e. The molecule has 1 unspecified atom stereocenters. The Labute approximate surface area is 174 Å². The number of hydrogen-bond donors (Lipinski definition) is 1. The van der Waals surface area contributed by atoms with Crippen molar-refractivity contribution in [2.24, 2.45) is 11.3 Å². The molecule has 1 N–H and O–H groups in total. The van der Waals surface area contributed by atoms with Crippen LogP contribution in [0.3, 0.4) is 0 Å². The van der Waals surface area contributed by atoms with Crippen LogP contribution in [-0.2, 0) is 11.3 Å². The highest BCUT2D eigenvalue weighted by Crippen LogP contribution is 2.59. The second-order valence-corrected chi connectivity index (χ2v) is 8.48. The first-order valence-corrected chi connectivity index (χ1v) is 10.4. The number of hydrogen-bond acceptors (Lipinski definition) is 5. The summed E-state index contributed by atoms with van der Waals surface area (Å²) in [5.74, 6) is 1.62. The van der Waals surface area contributed by atoms with Crippen LogP contribution in [0.25, 0.3) is 11.0 Å². The Morgan fingerprint density at radius 3 is 2.87 bits per heavy atom. The molecular formula is C22H25N5O3. The number of carbonyl (C=O) groups is 2. The van der Waals surface area contributed by atoms with E-state index >= 15 is 0 Å². The molecule has 0 aromatic carbocycles. The van der Waals surface area contributed by atoms with Crippen molar-refractivity contribution in [1.82, 2.24) is 24.8 Å². The number of furan rings is 1. The molecule has 8 heteroatoms. The molecule has 4 heterocycles. The standard InChI is InChI=1S/C22H25N5O3/c1-15-24-6-9-27(15)14-20(28)26-7-3-22(4-8-26)11-17(22)12-25-21(29)18-10-16-2-5-23-13-19(16)30-18/h2,5-6,9-10,13,17H,3-4,7-8,11-12,14H2,1H3,(H,25,29). The number of piperidine rings is 1. The van der Waals surface area contributed by atoms with Crippen LogP contribution < -0.4 is 5.32 Å². The smallest absolute Gasteiger partial charge is 0.287 e. The van der Waals surface area contributed by atoms with Crippen molar-refractivity contribution in [3.8, 4) is 0 Å². The van der Waals surface area contributed by atoms with Crippen LogP contribution in [0.4, 0.5) is 0 Å². The zero-order chi connectivity index (χ0) is 20.7. The quantitative estimate of drug-likeness (QED) is 0.701. The summed E-state index contributed by atoms with van der Waals surface area (Å²) in [5.41, 5.74) is 0.890. The van der Waals surface area contributed by atoms with E-state index in [9.17, 15) is 9.59 Å². The van der Waals surface area contributed by atoms with Crippen LogP contribution >= 0.6 is 0 Å². The summed E-state index contributed by atoms with van der Waals surface area (Å²) in [6.45, 7) is 4.48. The van der Waals surface area contributed by atoms with Crippen LogP contribution in [0.5, 0.6) is 0 Å². The SMILES string of the molecule is Cc1nccn1CC(=O)N1CCC2(CC1)CC2CNC(=O)c1cc2ccncc2o1. The molecule has 2 aliphatic rings. The van der Waals surface area contributed by atoms with Gasteiger partial charge in [-0.25, -0.2) is 4.98 Å². The minimum absolute atomic E-state index is 0.149. The highest BCUT2D eigenvalue weighted by atomic mass is 16.3. The summed E-state index contributed by atoms with van der Waals surface area (Å²) < 4.78 is 7.47. The van der Waals surface area contributed by atoms with E-state index in [1.807, 2.05) is 28.7 Å². The molecule has 2 fully saturated rings. The first kappa shape index (κ1) is 18.8. The molecule has 1 aliphatic heterocycles. The number of rotatable bonds is 5. The number of carbonyl (C=O) groups excluding carboxylic acids is 2. The fraction of sp³-hybridized carbons (Fsp3) is 0.455. The highest BCUT2D eigenvalue weighted by molar-refractivity contribution is 5.95. The van der Waals surface area contributed by atoms with Crippen LogP contribution in [0, 0.1) is 18.3 Å². The lowest BCUT2D eigenvalue weighted by atomic mass is 9.90. The Kier molecular flexibility index (Phi) is 4.56. The zero-order valence-electron chi connectivity index (χ0n) is 17.0. The Morgan fingerprint density at radius 1 is 1.30 bits per heavy atom. The number of nitrogens with one attached hydrogen (secondary N) is 1. The van der Waals surface area contributed by atoms with Gasteiger partial charge in [-0.1, -0.05) is 0 Å². The van der Waals surface area contributed by atoms with Gasteiger partial charge in [-0.2, -0.15) is 0 Å². The summed E-state index contributed by atoms with van der Waals surface area (Å²) in [4.78, 5) is 35.2. The van der Waals surface area contributed by atoms with Crippen LogP contribution in [0.1, 0.15) is 35.6 Å². The molecule has 1 saturated heterocycles. The third-order valence-corrected chi connectivity index (χ3v) is 6.76. The molecule has 3 aromatic heterocycles. The Morgan fingerprint density at radius 2 is 2.13 bits per heavy atom. The number of pyridine rings is 1. The Balaban J connectivity index is 1.11. The first-order chi connectivity index (χ1) is 14.5. The van der Waals surface area contributed by atoms with Crippen LogP contribution in [-0.4, -0.2) is 50.9 Å². The van der Waals surface area contributed by atoms with Gasteiger partial charge in [0, 0.05) is 43.6 Å². The molecule has 1 spiro atoms. The average Bonchev–Trinajstić information content (AvgIpc) is 3.05. The molecule has 1 atom stereocenters. The van der Waals surface area contributed by atoms with Crippen molar-refractivity contribution in [3.63, 3.8) is 0 Å². The van der Waals surface area contributed by atoms with Gasteiger partial charge in [0.05, 0.1) is 6.20 Å². The van der Waals surface area contributed by atoms with Gasteiger partial charge in [-0.05, 0) is 49.7 Å². The molecule has 1 saturated carbocycles. The van der Waals surface area contributed by atoms with Gasteiger partial charge in [-0.15, -0.1) is 0 Å². The summed E-state index contributed by atoms with van der Waals surface area (Å²) in [6.07, 6.45) is 9.97. The number of amides is 2. The predicted octanol–water partition coefficient (Wildman–Crippen LogP) is 2.39. The van der Waals surface area contributed by atoms with E-state index < -0.39 is 0 Å². The lowest BCUT2D eigenvalue weighted by Crippen LogP contribution is -2.41. The molecule has 2 amide bonds. The third-order valence-electron chi connectivity index (χ3n) is 6.76. The Bertz CT molecular complexity index is 1060. The van der Waals surface area contributed by atoms with Crippen LogP contribution in [0.2, 0.25) is 0 Å². The fourth-order valence-electron chi connectivity index (χ4n) is 4.65. The zero-order valence-corrected chi connectivity index (χ0v) is 17.0. The van der Waals surface area contributed by atoms with Crippen molar-refractivity contribution in [1.29, 1.82) is 0 Å². The number of likely N-dealkylation sites (tertiary alicyclic amines) is 1. The van der Waals surface area contributed by atoms with Gasteiger partial charge in [0.2, 0.25) is 5.91 Å². The minimum atomic E-state index is -0.184. The summed E-state index contributed by atoms with van der Waals surface area (Å²) >= 11 is 0. The lowest BCUT2D eigenvalue weighted by molar-refractivity contribution is -0.133. The predicted molar refractivity (Wildman–Crippen MR) is 110 cm³/mol. The largest absolute Gasteiger partial charge is 0.449 e. The fourth-order valence-corrected chi connectivity index (χ4v) is 4.65. The second-order valence-electron chi connectivity index (χ2n) is 8.48. The molecule has 3 aromatic rings. The Hall–Kier alpha value is -3.16. The normalized spacial score (nSPS) is 19.9. The summed E-state index contributed by atoms with van der Waals surface area (Å²) in [6, 6.07) is 3.58. The van der Waals surface area contributed by atoms with Crippen molar-refractivity contribution in [2.75, 3.05) is 19.6 Å². The molecule has 30 heavy (non-hydrogen) atoms. The lowest BCUT2D eigenvalue weighted by Gasteiger charge is -2.33. The minimum Gasteiger partial charge on any atom is -0.449 e. The number of imidazole rings is 1. The molecule has 156 valence electrons. The van der Waals surface area contributed by atoms with Crippen molar-refractivity contribution in [2.45, 2.75) is 32.7 Å². The van der Waals surface area contributed by atoms with Gasteiger partial charge in [0.25, 0.3) is 5.91 Å². The van der Waals surface area contributed by atoms with Gasteiger partial charge in [0.1, 0.15) is 12.4 Å². The van der Waals surface area contributed by atoms with E-state index in [4.69, 9.17) is 4.42 Å². The van der Waals surface area contributed by atoms with Gasteiger partial charge >= 0.3 is 0 Å². The highest BCUT2D eigenvalue weighted by Gasteiger charge is 2.54.